The molecule has 0 aliphatic heterocycles. The molecule has 3 heterocycles. The second-order valence-electron chi connectivity index (χ2n) is 15.5. The number of imidazole rings is 1. The van der Waals surface area contributed by atoms with Crippen molar-refractivity contribution in [2.75, 3.05) is 0 Å². The zero-order valence-electron chi connectivity index (χ0n) is 29.5. The molecule has 0 atom stereocenters. The van der Waals surface area contributed by atoms with Crippen LogP contribution in [-0.4, -0.2) is 14.4 Å². The third-order valence-electron chi connectivity index (χ3n) is 11.9. The van der Waals surface area contributed by atoms with Gasteiger partial charge in [0.25, 0.3) is 0 Å². The van der Waals surface area contributed by atoms with E-state index in [1.807, 2.05) is 18.3 Å². The molecule has 6 aromatic carbocycles. The van der Waals surface area contributed by atoms with Gasteiger partial charge >= 0.3 is 0 Å². The number of para-hydroxylation sites is 1. The van der Waals surface area contributed by atoms with E-state index in [-0.39, 0.29) is 10.8 Å². The average Bonchev–Trinajstić information content (AvgIpc) is 3.89. The van der Waals surface area contributed by atoms with E-state index >= 15 is 0 Å². The third-order valence-corrected chi connectivity index (χ3v) is 11.9. The van der Waals surface area contributed by atoms with E-state index in [2.05, 4.69) is 154 Å². The monoisotopic (exact) mass is 669 g/mol. The fraction of sp³-hybridized carbons (Fsp3) is 0.125. The minimum Gasteiger partial charge on any atom is -0.456 e. The minimum atomic E-state index is -0.126. The number of rotatable bonds is 3. The number of benzene rings is 6. The summed E-state index contributed by atoms with van der Waals surface area (Å²) in [4.78, 5) is 10.5. The van der Waals surface area contributed by atoms with E-state index < -0.39 is 0 Å². The molecule has 0 saturated carbocycles. The first-order valence-corrected chi connectivity index (χ1v) is 18.1. The van der Waals surface area contributed by atoms with Crippen molar-refractivity contribution >= 4 is 27.6 Å². The predicted molar refractivity (Wildman–Crippen MR) is 212 cm³/mol. The molecule has 0 spiro atoms. The lowest BCUT2D eigenvalue weighted by molar-refractivity contribution is 0.660. The Morgan fingerprint density at radius 2 is 1.10 bits per heavy atom. The molecule has 3 aromatic heterocycles. The Hall–Kier alpha value is -6.26. The van der Waals surface area contributed by atoms with Gasteiger partial charge in [0, 0.05) is 44.5 Å². The first-order valence-electron chi connectivity index (χ1n) is 18.1. The summed E-state index contributed by atoms with van der Waals surface area (Å²) in [6.07, 6.45) is 4.14. The fourth-order valence-corrected chi connectivity index (χ4v) is 9.14. The molecule has 11 rings (SSSR count). The van der Waals surface area contributed by atoms with Crippen LogP contribution in [0.1, 0.15) is 49.9 Å². The molecule has 2 aliphatic carbocycles. The minimum absolute atomic E-state index is 0.113. The number of aromatic nitrogens is 3. The third kappa shape index (κ3) is 3.92. The lowest BCUT2D eigenvalue weighted by Gasteiger charge is -2.22. The van der Waals surface area contributed by atoms with Gasteiger partial charge in [-0.25, -0.2) is 9.97 Å². The maximum Gasteiger partial charge on any atom is 0.164 e. The van der Waals surface area contributed by atoms with Gasteiger partial charge in [-0.1, -0.05) is 125 Å². The van der Waals surface area contributed by atoms with Crippen LogP contribution >= 0.6 is 0 Å². The number of hydrogen-bond acceptors (Lipinski definition) is 3. The molecule has 0 radical (unpaired) electrons. The van der Waals surface area contributed by atoms with Crippen LogP contribution in [0.2, 0.25) is 0 Å². The maximum atomic E-state index is 6.32. The van der Waals surface area contributed by atoms with E-state index in [9.17, 15) is 0 Å². The Bertz CT molecular complexity index is 2970. The Morgan fingerprint density at radius 1 is 0.519 bits per heavy atom. The highest BCUT2D eigenvalue weighted by molar-refractivity contribution is 6.06. The van der Waals surface area contributed by atoms with Crippen molar-refractivity contribution in [3.05, 3.63) is 162 Å². The quantitative estimate of drug-likeness (QED) is 0.188. The molecule has 0 fully saturated rings. The van der Waals surface area contributed by atoms with E-state index in [1.165, 1.54) is 44.5 Å². The molecular formula is C48H35N3O. The highest BCUT2D eigenvalue weighted by Crippen LogP contribution is 2.51. The first-order chi connectivity index (χ1) is 25.3. The van der Waals surface area contributed by atoms with Crippen LogP contribution in [0.25, 0.3) is 83.6 Å². The molecule has 0 bridgehead atoms. The van der Waals surface area contributed by atoms with Gasteiger partial charge in [0.1, 0.15) is 16.9 Å². The molecule has 0 saturated heterocycles. The van der Waals surface area contributed by atoms with Crippen molar-refractivity contribution in [2.45, 2.75) is 38.5 Å². The number of hydrogen-bond donors (Lipinski definition) is 0. The SMILES string of the molecule is CC1(C)c2ccccc2-c2ccc(-c3cn4c(-c5ccc6c(c5)oc5ccccc56)cnc4c(-c4ccc5c(c4)C(C)(C)c4ccccc4-5)n3)cc21. The van der Waals surface area contributed by atoms with Gasteiger partial charge in [0.2, 0.25) is 0 Å². The van der Waals surface area contributed by atoms with E-state index in [0.29, 0.717) is 0 Å². The van der Waals surface area contributed by atoms with Crippen LogP contribution in [0.15, 0.2) is 144 Å². The summed E-state index contributed by atoms with van der Waals surface area (Å²) in [6, 6.07) is 46.0. The summed E-state index contributed by atoms with van der Waals surface area (Å²) >= 11 is 0. The number of fused-ring (bicyclic) bond motifs is 10. The van der Waals surface area contributed by atoms with Crippen molar-refractivity contribution in [2.24, 2.45) is 0 Å². The van der Waals surface area contributed by atoms with Gasteiger partial charge in [0.05, 0.1) is 17.6 Å². The summed E-state index contributed by atoms with van der Waals surface area (Å²) in [6.45, 7) is 9.31. The predicted octanol–water partition coefficient (Wildman–Crippen LogP) is 12.2. The topological polar surface area (TPSA) is 43.3 Å². The smallest absolute Gasteiger partial charge is 0.164 e. The molecule has 4 nitrogen and oxygen atoms in total. The summed E-state index contributed by atoms with van der Waals surface area (Å²) < 4.78 is 8.55. The summed E-state index contributed by atoms with van der Waals surface area (Å²) in [7, 11) is 0. The van der Waals surface area contributed by atoms with Crippen LogP contribution in [0.4, 0.5) is 0 Å². The van der Waals surface area contributed by atoms with E-state index in [4.69, 9.17) is 14.4 Å². The normalized spacial score (nSPS) is 14.8. The van der Waals surface area contributed by atoms with Gasteiger partial charge in [0.15, 0.2) is 5.65 Å². The molecular weight excluding hydrogens is 635 g/mol. The van der Waals surface area contributed by atoms with Crippen molar-refractivity contribution < 1.29 is 4.42 Å². The first kappa shape index (κ1) is 29.5. The van der Waals surface area contributed by atoms with Crippen molar-refractivity contribution in [1.82, 2.24) is 14.4 Å². The van der Waals surface area contributed by atoms with Crippen LogP contribution in [0.3, 0.4) is 0 Å². The van der Waals surface area contributed by atoms with Crippen LogP contribution in [0, 0.1) is 0 Å². The standard InChI is InChI=1S/C48H35N3O/c1-47(2)37-14-8-5-11-31(37)33-20-17-28(23-39(33)47)41-27-51-42(29-18-22-36-35-13-7-10-16-43(35)52-44(36)25-29)26-49-46(51)45(50-41)30-19-21-34-32-12-6-9-15-38(32)48(3,4)40(34)24-30/h5-27H,1-4H3. The Morgan fingerprint density at radius 3 is 1.83 bits per heavy atom. The van der Waals surface area contributed by atoms with Gasteiger partial charge in [-0.3, -0.25) is 4.40 Å². The lowest BCUT2D eigenvalue weighted by atomic mass is 9.82. The molecule has 9 aromatic rings. The maximum absolute atomic E-state index is 6.32. The van der Waals surface area contributed by atoms with Crippen LogP contribution in [0.5, 0.6) is 0 Å². The molecule has 248 valence electrons. The molecule has 52 heavy (non-hydrogen) atoms. The van der Waals surface area contributed by atoms with Crippen molar-refractivity contribution in [1.29, 1.82) is 0 Å². The van der Waals surface area contributed by atoms with Gasteiger partial charge in [-0.2, -0.15) is 0 Å². The van der Waals surface area contributed by atoms with Crippen molar-refractivity contribution in [3.63, 3.8) is 0 Å². The van der Waals surface area contributed by atoms with Gasteiger partial charge < -0.3 is 4.42 Å². The second-order valence-corrected chi connectivity index (χ2v) is 15.5. The lowest BCUT2D eigenvalue weighted by Crippen LogP contribution is -2.15. The number of nitrogens with zero attached hydrogens (tertiary/aromatic N) is 3. The zero-order chi connectivity index (χ0) is 34.9. The molecule has 0 N–H and O–H groups in total. The fourth-order valence-electron chi connectivity index (χ4n) is 9.14. The summed E-state index contributed by atoms with van der Waals surface area (Å²) in [5.41, 5.74) is 18.9. The Balaban J connectivity index is 1.13. The molecule has 2 aliphatic rings. The molecule has 0 amide bonds. The molecule has 4 heteroatoms. The van der Waals surface area contributed by atoms with Crippen LogP contribution in [-0.2, 0) is 10.8 Å². The zero-order valence-corrected chi connectivity index (χ0v) is 29.5. The Kier molecular flexibility index (Phi) is 5.76. The van der Waals surface area contributed by atoms with Crippen molar-refractivity contribution in [3.8, 4) is 56.0 Å². The average molecular weight is 670 g/mol. The highest BCUT2D eigenvalue weighted by Gasteiger charge is 2.37. The van der Waals surface area contributed by atoms with Gasteiger partial charge in [-0.15, -0.1) is 0 Å². The van der Waals surface area contributed by atoms with E-state index in [0.717, 1.165) is 61.4 Å². The second kappa shape index (κ2) is 10.2. The largest absolute Gasteiger partial charge is 0.456 e. The van der Waals surface area contributed by atoms with Gasteiger partial charge in [-0.05, 0) is 74.8 Å². The van der Waals surface area contributed by atoms with E-state index in [1.54, 1.807) is 0 Å². The van der Waals surface area contributed by atoms with Crippen LogP contribution < -0.4 is 0 Å². The molecule has 0 unspecified atom stereocenters. The summed E-state index contributed by atoms with van der Waals surface area (Å²) in [5.74, 6) is 0. The highest BCUT2D eigenvalue weighted by atomic mass is 16.3. The summed E-state index contributed by atoms with van der Waals surface area (Å²) in [5, 5.41) is 2.24. The Labute approximate surface area is 302 Å². The number of furan rings is 1.